The molecule has 0 spiro atoms. The molecule has 134 valence electrons. The molecule has 3 N–H and O–H groups in total. The van der Waals surface area contributed by atoms with Crippen LogP contribution in [0, 0.1) is 0 Å². The molecule has 9 heteroatoms. The molecule has 0 unspecified atom stereocenters. The molecule has 0 fully saturated rings. The van der Waals surface area contributed by atoms with Gasteiger partial charge in [0.05, 0.1) is 17.2 Å². The van der Waals surface area contributed by atoms with E-state index in [2.05, 4.69) is 15.6 Å². The number of hydrogen-bond donors (Lipinski definition) is 3. The van der Waals surface area contributed by atoms with E-state index in [9.17, 15) is 19.2 Å². The van der Waals surface area contributed by atoms with Crippen molar-refractivity contribution in [3.63, 3.8) is 0 Å². The molecule has 26 heavy (non-hydrogen) atoms. The highest BCUT2D eigenvalue weighted by atomic mass is 16.3. The molecule has 0 aliphatic heterocycles. The van der Waals surface area contributed by atoms with Gasteiger partial charge in [-0.05, 0) is 24.3 Å². The van der Waals surface area contributed by atoms with Crippen LogP contribution in [-0.2, 0) is 11.3 Å². The quantitative estimate of drug-likeness (QED) is 0.529. The lowest BCUT2D eigenvalue weighted by Gasteiger charge is -2.10. The Morgan fingerprint density at radius 2 is 1.81 bits per heavy atom. The number of fused-ring (bicyclic) bond motifs is 1. The number of carbonyl (C=O) groups is 2. The van der Waals surface area contributed by atoms with Crippen LogP contribution in [0.3, 0.4) is 0 Å². The van der Waals surface area contributed by atoms with Gasteiger partial charge < -0.3 is 15.1 Å². The Hall–Kier alpha value is -3.62. The number of hydrogen-bond acceptors (Lipinski definition) is 5. The molecule has 0 atom stereocenters. The number of amides is 2. The SMILES string of the molecule is O=C(Cn1c(=O)[nH]c(=O)c2ccccc21)NCCNC(=O)c1ccco1. The normalized spacial score (nSPS) is 10.6. The van der Waals surface area contributed by atoms with Gasteiger partial charge in [-0.3, -0.25) is 23.9 Å². The van der Waals surface area contributed by atoms with Crippen LogP contribution in [0.5, 0.6) is 0 Å². The minimum Gasteiger partial charge on any atom is -0.459 e. The Balaban J connectivity index is 1.59. The number of benzene rings is 1. The number of nitrogens with one attached hydrogen (secondary N) is 3. The van der Waals surface area contributed by atoms with Crippen molar-refractivity contribution >= 4 is 22.7 Å². The highest BCUT2D eigenvalue weighted by Gasteiger charge is 2.11. The molecular formula is C17H16N4O5. The van der Waals surface area contributed by atoms with Crippen molar-refractivity contribution in [2.75, 3.05) is 13.1 Å². The third-order valence-electron chi connectivity index (χ3n) is 3.68. The molecule has 9 nitrogen and oxygen atoms in total. The minimum absolute atomic E-state index is 0.182. The Labute approximate surface area is 146 Å². The Morgan fingerprint density at radius 3 is 2.58 bits per heavy atom. The molecule has 2 aromatic heterocycles. The predicted octanol–water partition coefficient (Wildman–Crippen LogP) is -0.171. The molecule has 0 saturated carbocycles. The molecule has 3 aromatic rings. The van der Waals surface area contributed by atoms with Gasteiger partial charge in [0.25, 0.3) is 11.5 Å². The second kappa shape index (κ2) is 7.51. The lowest BCUT2D eigenvalue weighted by atomic mass is 10.2. The van der Waals surface area contributed by atoms with Crippen molar-refractivity contribution < 1.29 is 14.0 Å². The maximum absolute atomic E-state index is 12.1. The first-order valence-electron chi connectivity index (χ1n) is 7.86. The third-order valence-corrected chi connectivity index (χ3v) is 3.68. The fraction of sp³-hybridized carbons (Fsp3) is 0.176. The van der Waals surface area contributed by atoms with Crippen LogP contribution in [0.2, 0.25) is 0 Å². The van der Waals surface area contributed by atoms with Gasteiger partial charge >= 0.3 is 5.69 Å². The van der Waals surface area contributed by atoms with E-state index in [4.69, 9.17) is 4.42 Å². The highest BCUT2D eigenvalue weighted by molar-refractivity contribution is 5.91. The van der Waals surface area contributed by atoms with E-state index in [1.54, 1.807) is 30.3 Å². The smallest absolute Gasteiger partial charge is 0.329 e. The van der Waals surface area contributed by atoms with Crippen LogP contribution in [0.15, 0.2) is 56.7 Å². The fourth-order valence-corrected chi connectivity index (χ4v) is 2.47. The molecule has 1 aromatic carbocycles. The number of furan rings is 1. The first-order valence-corrected chi connectivity index (χ1v) is 7.86. The van der Waals surface area contributed by atoms with Crippen molar-refractivity contribution in [1.82, 2.24) is 20.2 Å². The van der Waals surface area contributed by atoms with Crippen molar-refractivity contribution in [2.45, 2.75) is 6.54 Å². The summed E-state index contributed by atoms with van der Waals surface area (Å²) in [5.41, 5.74) is -0.777. The fourth-order valence-electron chi connectivity index (χ4n) is 2.47. The maximum atomic E-state index is 12.1. The summed E-state index contributed by atoms with van der Waals surface area (Å²) < 4.78 is 6.14. The largest absolute Gasteiger partial charge is 0.459 e. The number of para-hydroxylation sites is 1. The van der Waals surface area contributed by atoms with E-state index in [0.717, 1.165) is 0 Å². The van der Waals surface area contributed by atoms with E-state index in [1.165, 1.54) is 16.9 Å². The maximum Gasteiger partial charge on any atom is 0.329 e. The molecule has 2 heterocycles. The van der Waals surface area contributed by atoms with E-state index in [0.29, 0.717) is 10.9 Å². The molecular weight excluding hydrogens is 340 g/mol. The Bertz CT molecular complexity index is 1050. The molecule has 3 rings (SSSR count). The van der Waals surface area contributed by atoms with Crippen LogP contribution < -0.4 is 21.9 Å². The van der Waals surface area contributed by atoms with Gasteiger partial charge in [0, 0.05) is 13.1 Å². The predicted molar refractivity (Wildman–Crippen MR) is 92.9 cm³/mol. The monoisotopic (exact) mass is 356 g/mol. The second-order valence-electron chi connectivity index (χ2n) is 5.45. The number of nitrogens with zero attached hydrogens (tertiary/aromatic N) is 1. The van der Waals surface area contributed by atoms with Gasteiger partial charge in [-0.1, -0.05) is 12.1 Å². The minimum atomic E-state index is -0.657. The molecule has 0 radical (unpaired) electrons. The van der Waals surface area contributed by atoms with Crippen molar-refractivity contribution in [1.29, 1.82) is 0 Å². The summed E-state index contributed by atoms with van der Waals surface area (Å²) in [7, 11) is 0. The van der Waals surface area contributed by atoms with Gasteiger partial charge in [-0.15, -0.1) is 0 Å². The lowest BCUT2D eigenvalue weighted by molar-refractivity contribution is -0.121. The zero-order valence-electron chi connectivity index (χ0n) is 13.7. The van der Waals surface area contributed by atoms with Crippen molar-refractivity contribution in [3.05, 3.63) is 69.3 Å². The van der Waals surface area contributed by atoms with E-state index < -0.39 is 17.2 Å². The summed E-state index contributed by atoms with van der Waals surface area (Å²) in [6, 6.07) is 9.66. The van der Waals surface area contributed by atoms with E-state index in [1.807, 2.05) is 0 Å². The summed E-state index contributed by atoms with van der Waals surface area (Å²) in [6.07, 6.45) is 1.39. The second-order valence-corrected chi connectivity index (χ2v) is 5.45. The summed E-state index contributed by atoms with van der Waals surface area (Å²) in [5.74, 6) is -0.619. The van der Waals surface area contributed by atoms with Crippen LogP contribution >= 0.6 is 0 Å². The van der Waals surface area contributed by atoms with E-state index >= 15 is 0 Å². The molecule has 2 amide bonds. The first-order chi connectivity index (χ1) is 12.6. The highest BCUT2D eigenvalue weighted by Crippen LogP contribution is 2.06. The number of rotatable bonds is 6. The topological polar surface area (TPSA) is 126 Å². The number of aromatic nitrogens is 2. The van der Waals surface area contributed by atoms with E-state index in [-0.39, 0.29) is 31.3 Å². The van der Waals surface area contributed by atoms with Crippen LogP contribution in [0.25, 0.3) is 10.9 Å². The summed E-state index contributed by atoms with van der Waals surface area (Å²) in [4.78, 5) is 49.7. The lowest BCUT2D eigenvalue weighted by Crippen LogP contribution is -2.39. The van der Waals surface area contributed by atoms with Crippen LogP contribution in [-0.4, -0.2) is 34.5 Å². The summed E-state index contributed by atoms with van der Waals surface area (Å²) in [5, 5.41) is 5.52. The Kier molecular flexibility index (Phi) is 4.97. The zero-order valence-corrected chi connectivity index (χ0v) is 13.7. The van der Waals surface area contributed by atoms with Gasteiger partial charge in [0.2, 0.25) is 5.91 Å². The first kappa shape index (κ1) is 17.2. The van der Waals surface area contributed by atoms with Crippen molar-refractivity contribution in [3.8, 4) is 0 Å². The molecule has 0 saturated heterocycles. The molecule has 0 bridgehead atoms. The molecule has 0 aliphatic carbocycles. The standard InChI is InChI=1S/C17H16N4O5/c22-14(18-7-8-19-16(24)13-6-3-9-26-13)10-21-12-5-2-1-4-11(12)15(23)20-17(21)25/h1-6,9H,7-8,10H2,(H,18,22)(H,19,24)(H,20,23,25). The number of carbonyl (C=O) groups excluding carboxylic acids is 2. The van der Waals surface area contributed by atoms with Crippen molar-refractivity contribution in [2.24, 2.45) is 0 Å². The Morgan fingerprint density at radius 1 is 1.04 bits per heavy atom. The zero-order chi connectivity index (χ0) is 18.5. The van der Waals surface area contributed by atoms with Crippen LogP contribution in [0.4, 0.5) is 0 Å². The van der Waals surface area contributed by atoms with Gasteiger partial charge in [0.15, 0.2) is 5.76 Å². The van der Waals surface area contributed by atoms with Crippen LogP contribution in [0.1, 0.15) is 10.6 Å². The van der Waals surface area contributed by atoms with Gasteiger partial charge in [-0.25, -0.2) is 4.79 Å². The number of aromatic amines is 1. The third kappa shape index (κ3) is 3.72. The number of H-pyrrole nitrogens is 1. The average molecular weight is 356 g/mol. The van der Waals surface area contributed by atoms with Gasteiger partial charge in [0.1, 0.15) is 6.54 Å². The average Bonchev–Trinajstić information content (AvgIpc) is 3.17. The summed E-state index contributed by atoms with van der Waals surface area (Å²) >= 11 is 0. The van der Waals surface area contributed by atoms with Gasteiger partial charge in [-0.2, -0.15) is 0 Å². The summed E-state index contributed by atoms with van der Waals surface area (Å²) in [6.45, 7) is 0.135. The molecule has 0 aliphatic rings.